The molecule has 0 fully saturated rings. The molecule has 1 unspecified atom stereocenters. The maximum absolute atomic E-state index is 12.5. The first-order valence-electron chi connectivity index (χ1n) is 6.42. The van der Waals surface area contributed by atoms with Crippen molar-refractivity contribution in [2.24, 2.45) is 10.9 Å². The van der Waals surface area contributed by atoms with Gasteiger partial charge in [-0.3, -0.25) is 9.98 Å². The largest absolute Gasteiger partial charge is 0.417 e. The van der Waals surface area contributed by atoms with Gasteiger partial charge in [-0.25, -0.2) is 0 Å². The average molecular weight is 297 g/mol. The molecule has 0 amide bonds. The number of hydrogen-bond donors (Lipinski definition) is 1. The zero-order chi connectivity index (χ0) is 15.9. The number of nitrogens with one attached hydrogen (secondary N) is 1. The minimum atomic E-state index is -4.38. The van der Waals surface area contributed by atoms with E-state index >= 15 is 0 Å². The molecule has 3 nitrogen and oxygen atoms in total. The lowest BCUT2D eigenvalue weighted by Gasteiger charge is -2.09. The molecule has 1 heterocycles. The number of pyridine rings is 1. The second-order valence-corrected chi connectivity index (χ2v) is 4.55. The third-order valence-corrected chi connectivity index (χ3v) is 2.70. The van der Waals surface area contributed by atoms with Gasteiger partial charge >= 0.3 is 6.18 Å². The van der Waals surface area contributed by atoms with Gasteiger partial charge in [0.1, 0.15) is 0 Å². The summed E-state index contributed by atoms with van der Waals surface area (Å²) < 4.78 is 37.6. The number of alkyl halides is 3. The molecule has 0 spiro atoms. The van der Waals surface area contributed by atoms with Crippen LogP contribution in [-0.4, -0.2) is 24.8 Å². The van der Waals surface area contributed by atoms with Crippen LogP contribution in [0.1, 0.15) is 18.2 Å². The van der Waals surface area contributed by atoms with Crippen molar-refractivity contribution in [2.45, 2.75) is 13.1 Å². The van der Waals surface area contributed by atoms with Crippen molar-refractivity contribution in [3.8, 4) is 0 Å². The van der Waals surface area contributed by atoms with Crippen LogP contribution in [0.15, 0.2) is 42.2 Å². The molecule has 6 heteroatoms. The number of allylic oxidation sites excluding steroid dienone is 1. The van der Waals surface area contributed by atoms with E-state index in [0.29, 0.717) is 11.3 Å². The molecule has 0 saturated heterocycles. The van der Waals surface area contributed by atoms with E-state index in [0.717, 1.165) is 18.8 Å². The van der Waals surface area contributed by atoms with Gasteiger partial charge in [0, 0.05) is 30.7 Å². The van der Waals surface area contributed by atoms with E-state index < -0.39 is 11.7 Å². The van der Waals surface area contributed by atoms with Crippen LogP contribution >= 0.6 is 0 Å². The Morgan fingerprint density at radius 1 is 1.48 bits per heavy atom. The molecule has 114 valence electrons. The Hall–Kier alpha value is -1.95. The van der Waals surface area contributed by atoms with Crippen molar-refractivity contribution in [3.63, 3.8) is 0 Å². The average Bonchev–Trinajstić information content (AvgIpc) is 2.43. The van der Waals surface area contributed by atoms with Crippen molar-refractivity contribution in [2.75, 3.05) is 13.6 Å². The molecule has 1 rings (SSSR count). The van der Waals surface area contributed by atoms with E-state index in [2.05, 4.69) is 21.9 Å². The molecule has 21 heavy (non-hydrogen) atoms. The maximum Gasteiger partial charge on any atom is 0.417 e. The Morgan fingerprint density at radius 3 is 2.67 bits per heavy atom. The summed E-state index contributed by atoms with van der Waals surface area (Å²) in [4.78, 5) is 7.80. The zero-order valence-corrected chi connectivity index (χ0v) is 12.0. The van der Waals surface area contributed by atoms with Crippen molar-refractivity contribution in [3.05, 3.63) is 48.4 Å². The Balaban J connectivity index is 3.09. The number of aromatic nitrogens is 1. The first-order chi connectivity index (χ1) is 9.88. The molecular weight excluding hydrogens is 279 g/mol. The van der Waals surface area contributed by atoms with Crippen LogP contribution in [0.5, 0.6) is 0 Å². The van der Waals surface area contributed by atoms with E-state index in [9.17, 15) is 13.2 Å². The Bertz CT molecular complexity index is 516. The van der Waals surface area contributed by atoms with Crippen LogP contribution in [0.2, 0.25) is 0 Å². The van der Waals surface area contributed by atoms with Crippen LogP contribution in [0.25, 0.3) is 5.57 Å². The van der Waals surface area contributed by atoms with Crippen molar-refractivity contribution >= 4 is 11.8 Å². The lowest BCUT2D eigenvalue weighted by atomic mass is 10.0. The fourth-order valence-corrected chi connectivity index (χ4v) is 1.75. The minimum absolute atomic E-state index is 0.186. The van der Waals surface area contributed by atoms with Crippen LogP contribution in [-0.2, 0) is 6.18 Å². The highest BCUT2D eigenvalue weighted by Crippen LogP contribution is 2.29. The smallest absolute Gasteiger partial charge is 0.319 e. The van der Waals surface area contributed by atoms with Gasteiger partial charge in [0.25, 0.3) is 0 Å². The van der Waals surface area contributed by atoms with E-state index in [4.69, 9.17) is 0 Å². The number of hydrogen-bond acceptors (Lipinski definition) is 3. The SMILES string of the molecule is C=C/N=C\C(=C/C(C)CNC)c1ccc(C(F)(F)F)cn1. The number of nitrogens with zero attached hydrogens (tertiary/aromatic N) is 2. The first kappa shape index (κ1) is 17.1. The van der Waals surface area contributed by atoms with Gasteiger partial charge in [0.2, 0.25) is 0 Å². The van der Waals surface area contributed by atoms with Crippen LogP contribution in [0.3, 0.4) is 0 Å². The van der Waals surface area contributed by atoms with Crippen LogP contribution < -0.4 is 5.32 Å². The third kappa shape index (κ3) is 5.51. The third-order valence-electron chi connectivity index (χ3n) is 2.70. The van der Waals surface area contributed by atoms with Crippen molar-refractivity contribution in [1.82, 2.24) is 10.3 Å². The highest BCUT2D eigenvalue weighted by atomic mass is 19.4. The quantitative estimate of drug-likeness (QED) is 0.815. The lowest BCUT2D eigenvalue weighted by Crippen LogP contribution is -2.15. The van der Waals surface area contributed by atoms with Gasteiger partial charge in [-0.1, -0.05) is 19.6 Å². The van der Waals surface area contributed by atoms with E-state index in [1.165, 1.54) is 18.5 Å². The monoisotopic (exact) mass is 297 g/mol. The molecule has 0 saturated carbocycles. The molecule has 0 aromatic carbocycles. The van der Waals surface area contributed by atoms with Gasteiger partial charge in [-0.05, 0) is 25.1 Å². The Labute approximate surface area is 122 Å². The molecule has 0 aliphatic carbocycles. The first-order valence-corrected chi connectivity index (χ1v) is 6.42. The van der Waals surface area contributed by atoms with Gasteiger partial charge in [0.05, 0.1) is 11.3 Å². The summed E-state index contributed by atoms with van der Waals surface area (Å²) >= 11 is 0. The van der Waals surface area contributed by atoms with Gasteiger partial charge in [-0.2, -0.15) is 13.2 Å². The van der Waals surface area contributed by atoms with Gasteiger partial charge in [0.15, 0.2) is 0 Å². The summed E-state index contributed by atoms with van der Waals surface area (Å²) in [6.07, 6.45) is 1.24. The van der Waals surface area contributed by atoms with Gasteiger partial charge in [-0.15, -0.1) is 0 Å². The van der Waals surface area contributed by atoms with E-state index in [-0.39, 0.29) is 5.92 Å². The van der Waals surface area contributed by atoms with E-state index in [1.807, 2.05) is 20.0 Å². The molecule has 1 atom stereocenters. The molecule has 0 radical (unpaired) electrons. The molecule has 1 aromatic rings. The summed E-state index contributed by atoms with van der Waals surface area (Å²) in [5, 5.41) is 3.03. The summed E-state index contributed by atoms with van der Waals surface area (Å²) in [6.45, 7) is 6.21. The van der Waals surface area contributed by atoms with Gasteiger partial charge < -0.3 is 5.32 Å². The number of rotatable bonds is 6. The number of halogens is 3. The van der Waals surface area contributed by atoms with Crippen LogP contribution in [0.4, 0.5) is 13.2 Å². The highest BCUT2D eigenvalue weighted by Gasteiger charge is 2.30. The standard InChI is InChI=1S/C15H18F3N3/c1-4-20-9-12(7-11(2)8-19-3)14-6-5-13(10-21-14)15(16,17)18/h4-7,9-11,19H,1,8H2,2-3H3/b12-7+,20-9-. The lowest BCUT2D eigenvalue weighted by molar-refractivity contribution is -0.137. The Kier molecular flexibility index (Phi) is 6.30. The zero-order valence-electron chi connectivity index (χ0n) is 12.0. The fraction of sp³-hybridized carbons (Fsp3) is 0.333. The van der Waals surface area contributed by atoms with Crippen molar-refractivity contribution in [1.29, 1.82) is 0 Å². The summed E-state index contributed by atoms with van der Waals surface area (Å²) in [6, 6.07) is 2.36. The second kappa shape index (κ2) is 7.73. The topological polar surface area (TPSA) is 37.3 Å². The normalized spacial score (nSPS) is 14.4. The molecule has 0 aliphatic heterocycles. The molecule has 0 aliphatic rings. The number of aliphatic imine (C=N–C) groups is 1. The predicted octanol–water partition coefficient (Wildman–Crippen LogP) is 3.55. The summed E-state index contributed by atoms with van der Waals surface area (Å²) in [5.74, 6) is 0.186. The molecule has 0 bridgehead atoms. The predicted molar refractivity (Wildman–Crippen MR) is 79.0 cm³/mol. The molecule has 1 aromatic heterocycles. The molecular formula is C15H18F3N3. The second-order valence-electron chi connectivity index (χ2n) is 4.55. The maximum atomic E-state index is 12.5. The highest BCUT2D eigenvalue weighted by molar-refractivity contribution is 6.09. The Morgan fingerprint density at radius 2 is 2.19 bits per heavy atom. The molecule has 1 N–H and O–H groups in total. The van der Waals surface area contributed by atoms with E-state index in [1.54, 1.807) is 0 Å². The fourth-order valence-electron chi connectivity index (χ4n) is 1.75. The summed E-state index contributed by atoms with van der Waals surface area (Å²) in [5.41, 5.74) is 0.331. The van der Waals surface area contributed by atoms with Crippen LogP contribution in [0, 0.1) is 5.92 Å². The summed E-state index contributed by atoms with van der Waals surface area (Å²) in [7, 11) is 1.83. The minimum Gasteiger partial charge on any atom is -0.319 e. The van der Waals surface area contributed by atoms with Crippen molar-refractivity contribution < 1.29 is 13.2 Å².